The van der Waals surface area contributed by atoms with Crippen molar-refractivity contribution in [1.29, 1.82) is 0 Å². The Hall–Kier alpha value is -3.84. The number of oxazole rings is 1. The number of hydrogen-bond acceptors (Lipinski definition) is 6. The van der Waals surface area contributed by atoms with Crippen LogP contribution >= 0.6 is 11.8 Å². The van der Waals surface area contributed by atoms with E-state index >= 15 is 0 Å². The molecule has 0 unspecified atom stereocenters. The van der Waals surface area contributed by atoms with Gasteiger partial charge in [-0.05, 0) is 29.8 Å². The summed E-state index contributed by atoms with van der Waals surface area (Å²) >= 11 is 1.44. The van der Waals surface area contributed by atoms with Crippen LogP contribution in [0.2, 0.25) is 0 Å². The van der Waals surface area contributed by atoms with Gasteiger partial charge < -0.3 is 9.15 Å². The monoisotopic (exact) mass is 455 g/mol. The van der Waals surface area contributed by atoms with E-state index in [1.54, 1.807) is 17.9 Å². The highest BCUT2D eigenvalue weighted by molar-refractivity contribution is 7.98. The smallest absolute Gasteiger partial charge is 0.262 e. The van der Waals surface area contributed by atoms with E-state index in [9.17, 15) is 4.79 Å². The summed E-state index contributed by atoms with van der Waals surface area (Å²) in [6.45, 7) is 0.407. The summed E-state index contributed by atoms with van der Waals surface area (Å²) < 4.78 is 12.9. The first kappa shape index (κ1) is 21.0. The predicted molar refractivity (Wildman–Crippen MR) is 130 cm³/mol. The molecule has 0 aliphatic rings. The maximum absolute atomic E-state index is 13.3. The minimum absolute atomic E-state index is 0.0729. The summed E-state index contributed by atoms with van der Waals surface area (Å²) in [4.78, 5) is 22.5. The van der Waals surface area contributed by atoms with Crippen molar-refractivity contribution in [3.05, 3.63) is 107 Å². The van der Waals surface area contributed by atoms with E-state index < -0.39 is 0 Å². The Labute approximate surface area is 194 Å². The SMILES string of the molecule is COc1ccc(Cn2c(SCc3ncc(-c4ccccc4)o3)nc3ccccc3c2=O)cc1. The lowest BCUT2D eigenvalue weighted by atomic mass is 10.2. The lowest BCUT2D eigenvalue weighted by Crippen LogP contribution is -2.24. The van der Waals surface area contributed by atoms with Crippen LogP contribution in [-0.4, -0.2) is 21.6 Å². The molecule has 164 valence electrons. The van der Waals surface area contributed by atoms with Gasteiger partial charge in [0.25, 0.3) is 5.56 Å². The van der Waals surface area contributed by atoms with Gasteiger partial charge in [0.15, 0.2) is 10.9 Å². The zero-order chi connectivity index (χ0) is 22.6. The molecule has 0 saturated heterocycles. The quantitative estimate of drug-likeness (QED) is 0.242. The van der Waals surface area contributed by atoms with Crippen molar-refractivity contribution in [2.24, 2.45) is 0 Å². The Morgan fingerprint density at radius 3 is 2.52 bits per heavy atom. The minimum Gasteiger partial charge on any atom is -0.497 e. The van der Waals surface area contributed by atoms with E-state index in [0.717, 1.165) is 16.9 Å². The van der Waals surface area contributed by atoms with Gasteiger partial charge in [-0.3, -0.25) is 9.36 Å². The molecule has 0 radical (unpaired) electrons. The number of ether oxygens (including phenoxy) is 1. The number of nitrogens with zero attached hydrogens (tertiary/aromatic N) is 3. The average molecular weight is 456 g/mol. The fraction of sp³-hybridized carbons (Fsp3) is 0.115. The van der Waals surface area contributed by atoms with E-state index in [0.29, 0.717) is 40.0 Å². The van der Waals surface area contributed by atoms with Gasteiger partial charge in [-0.25, -0.2) is 9.97 Å². The lowest BCUT2D eigenvalue weighted by Gasteiger charge is -2.13. The van der Waals surface area contributed by atoms with Gasteiger partial charge in [-0.2, -0.15) is 0 Å². The molecule has 0 aliphatic carbocycles. The Kier molecular flexibility index (Phi) is 5.95. The molecule has 2 heterocycles. The van der Waals surface area contributed by atoms with Crippen LogP contribution in [0.3, 0.4) is 0 Å². The average Bonchev–Trinajstić information content (AvgIpc) is 3.35. The molecule has 0 fully saturated rings. The molecule has 0 saturated carbocycles. The number of benzene rings is 3. The maximum atomic E-state index is 13.3. The zero-order valence-electron chi connectivity index (χ0n) is 18.0. The van der Waals surface area contributed by atoms with E-state index in [-0.39, 0.29) is 5.56 Å². The van der Waals surface area contributed by atoms with Gasteiger partial charge in [0, 0.05) is 5.56 Å². The van der Waals surface area contributed by atoms with Crippen molar-refractivity contribution in [2.45, 2.75) is 17.5 Å². The highest BCUT2D eigenvalue weighted by atomic mass is 32.2. The van der Waals surface area contributed by atoms with Crippen molar-refractivity contribution >= 4 is 22.7 Å². The molecule has 0 atom stereocenters. The molecular weight excluding hydrogens is 434 g/mol. The maximum Gasteiger partial charge on any atom is 0.262 e. The number of thioether (sulfide) groups is 1. The predicted octanol–water partition coefficient (Wildman–Crippen LogP) is 5.40. The molecule has 0 bridgehead atoms. The number of methoxy groups -OCH3 is 1. The van der Waals surface area contributed by atoms with Crippen molar-refractivity contribution < 1.29 is 9.15 Å². The summed E-state index contributed by atoms with van der Waals surface area (Å²) in [5.74, 6) is 2.53. The van der Waals surface area contributed by atoms with E-state index in [1.165, 1.54) is 11.8 Å². The van der Waals surface area contributed by atoms with Crippen LogP contribution in [0.4, 0.5) is 0 Å². The number of para-hydroxylation sites is 1. The Morgan fingerprint density at radius 2 is 1.73 bits per heavy atom. The number of rotatable bonds is 7. The highest BCUT2D eigenvalue weighted by Gasteiger charge is 2.14. The standard InChI is InChI=1S/C26H21N3O3S/c1-31-20-13-11-18(12-14-20)16-29-25(30)21-9-5-6-10-22(21)28-26(29)33-17-24-27-15-23(32-24)19-7-3-2-4-8-19/h2-15H,16-17H2,1H3. The first-order chi connectivity index (χ1) is 16.2. The van der Waals surface area contributed by atoms with Crippen molar-refractivity contribution in [2.75, 3.05) is 7.11 Å². The third-order valence-electron chi connectivity index (χ3n) is 5.26. The zero-order valence-corrected chi connectivity index (χ0v) is 18.8. The lowest BCUT2D eigenvalue weighted by molar-refractivity contribution is 0.414. The van der Waals surface area contributed by atoms with Gasteiger partial charge >= 0.3 is 0 Å². The first-order valence-corrected chi connectivity index (χ1v) is 11.5. The molecule has 0 N–H and O–H groups in total. The second-order valence-electron chi connectivity index (χ2n) is 7.42. The molecule has 33 heavy (non-hydrogen) atoms. The van der Waals surface area contributed by atoms with Crippen LogP contribution in [0.15, 0.2) is 99.4 Å². The highest BCUT2D eigenvalue weighted by Crippen LogP contribution is 2.26. The molecule has 0 amide bonds. The van der Waals surface area contributed by atoms with Crippen LogP contribution in [0, 0.1) is 0 Å². The topological polar surface area (TPSA) is 70.2 Å². The Balaban J connectivity index is 1.45. The van der Waals surface area contributed by atoms with E-state index in [4.69, 9.17) is 14.1 Å². The van der Waals surface area contributed by atoms with Crippen LogP contribution in [0.5, 0.6) is 5.75 Å². The molecule has 2 aromatic heterocycles. The second kappa shape index (κ2) is 9.34. The third kappa shape index (κ3) is 4.54. The van der Waals surface area contributed by atoms with Crippen molar-refractivity contribution in [1.82, 2.24) is 14.5 Å². The fourth-order valence-corrected chi connectivity index (χ4v) is 4.40. The Morgan fingerprint density at radius 1 is 0.970 bits per heavy atom. The minimum atomic E-state index is -0.0729. The van der Waals surface area contributed by atoms with Crippen molar-refractivity contribution in [3.8, 4) is 17.1 Å². The van der Waals surface area contributed by atoms with Crippen LogP contribution in [0.25, 0.3) is 22.2 Å². The van der Waals surface area contributed by atoms with Gasteiger partial charge in [0.2, 0.25) is 5.89 Å². The van der Waals surface area contributed by atoms with Gasteiger partial charge in [-0.1, -0.05) is 66.4 Å². The molecule has 3 aromatic carbocycles. The normalized spacial score (nSPS) is 11.1. The van der Waals surface area contributed by atoms with Gasteiger partial charge in [0.1, 0.15) is 5.75 Å². The fourth-order valence-electron chi connectivity index (χ4n) is 3.55. The summed E-state index contributed by atoms with van der Waals surface area (Å²) in [5, 5.41) is 1.21. The van der Waals surface area contributed by atoms with Crippen LogP contribution in [0.1, 0.15) is 11.5 Å². The van der Waals surface area contributed by atoms with Gasteiger partial charge in [-0.15, -0.1) is 0 Å². The Bertz CT molecular complexity index is 1440. The van der Waals surface area contributed by atoms with Gasteiger partial charge in [0.05, 0.1) is 36.5 Å². The van der Waals surface area contributed by atoms with E-state index in [2.05, 4.69) is 4.98 Å². The molecule has 5 rings (SSSR count). The largest absolute Gasteiger partial charge is 0.497 e. The first-order valence-electron chi connectivity index (χ1n) is 10.5. The molecule has 0 aliphatic heterocycles. The summed E-state index contributed by atoms with van der Waals surface area (Å²) in [7, 11) is 1.63. The van der Waals surface area contributed by atoms with Crippen LogP contribution in [-0.2, 0) is 12.3 Å². The summed E-state index contributed by atoms with van der Waals surface area (Å²) in [6.07, 6.45) is 1.73. The molecule has 0 spiro atoms. The number of hydrogen-bond donors (Lipinski definition) is 0. The summed E-state index contributed by atoms with van der Waals surface area (Å²) in [5.41, 5.74) is 2.56. The molecule has 6 nitrogen and oxygen atoms in total. The molecular formula is C26H21N3O3S. The van der Waals surface area contributed by atoms with Crippen LogP contribution < -0.4 is 10.3 Å². The number of aromatic nitrogens is 3. The number of fused-ring (bicyclic) bond motifs is 1. The van der Waals surface area contributed by atoms with E-state index in [1.807, 2.05) is 78.9 Å². The molecule has 7 heteroatoms. The third-order valence-corrected chi connectivity index (χ3v) is 6.22. The summed E-state index contributed by atoms with van der Waals surface area (Å²) in [6, 6.07) is 24.9. The second-order valence-corrected chi connectivity index (χ2v) is 8.37. The van der Waals surface area contributed by atoms with Crippen molar-refractivity contribution in [3.63, 3.8) is 0 Å². The molecule has 5 aromatic rings.